The normalized spacial score (nSPS) is 14.8. The van der Waals surface area contributed by atoms with E-state index in [2.05, 4.69) is 0 Å². The lowest BCUT2D eigenvalue weighted by Gasteiger charge is -2.22. The average molecular weight is 366 g/mol. The first-order chi connectivity index (χ1) is 7.63. The SMILES string of the molecule is OC(CC(F)(F)C(F)(F)F)c1ccc(I)cc1. The van der Waals surface area contributed by atoms with E-state index in [-0.39, 0.29) is 5.56 Å². The van der Waals surface area contributed by atoms with Crippen molar-refractivity contribution in [2.45, 2.75) is 24.6 Å². The number of rotatable bonds is 3. The molecule has 0 aromatic heterocycles. The summed E-state index contributed by atoms with van der Waals surface area (Å²) < 4.78 is 61.8. The van der Waals surface area contributed by atoms with Gasteiger partial charge in [-0.05, 0) is 40.3 Å². The van der Waals surface area contributed by atoms with Crippen LogP contribution < -0.4 is 0 Å². The molecule has 1 rings (SSSR count). The van der Waals surface area contributed by atoms with Crippen molar-refractivity contribution in [2.75, 3.05) is 0 Å². The largest absolute Gasteiger partial charge is 0.453 e. The summed E-state index contributed by atoms with van der Waals surface area (Å²) in [7, 11) is 0. The Morgan fingerprint density at radius 3 is 1.94 bits per heavy atom. The topological polar surface area (TPSA) is 20.2 Å². The molecule has 0 heterocycles. The van der Waals surface area contributed by atoms with Gasteiger partial charge in [0.05, 0.1) is 12.5 Å². The zero-order valence-electron chi connectivity index (χ0n) is 8.31. The van der Waals surface area contributed by atoms with Crippen molar-refractivity contribution in [3.63, 3.8) is 0 Å². The van der Waals surface area contributed by atoms with Gasteiger partial charge in [0, 0.05) is 3.57 Å². The molecule has 0 spiro atoms. The molecular formula is C10H8F5IO. The highest BCUT2D eigenvalue weighted by atomic mass is 127. The summed E-state index contributed by atoms with van der Waals surface area (Å²) in [6, 6.07) is 5.67. The molecule has 1 N–H and O–H groups in total. The Morgan fingerprint density at radius 1 is 1.06 bits per heavy atom. The molecule has 0 saturated carbocycles. The minimum absolute atomic E-state index is 0.0364. The molecule has 7 heteroatoms. The molecule has 96 valence electrons. The quantitative estimate of drug-likeness (QED) is 0.636. The lowest BCUT2D eigenvalue weighted by Crippen LogP contribution is -2.37. The second-order valence-electron chi connectivity index (χ2n) is 3.47. The number of hydrogen-bond donors (Lipinski definition) is 1. The van der Waals surface area contributed by atoms with E-state index in [0.717, 1.165) is 3.57 Å². The molecule has 0 amide bonds. The second kappa shape index (κ2) is 5.05. The van der Waals surface area contributed by atoms with Crippen LogP contribution in [0.5, 0.6) is 0 Å². The van der Waals surface area contributed by atoms with Crippen LogP contribution in [0.25, 0.3) is 0 Å². The molecule has 0 saturated heterocycles. The van der Waals surface area contributed by atoms with Gasteiger partial charge in [0.1, 0.15) is 0 Å². The maximum absolute atomic E-state index is 12.7. The summed E-state index contributed by atoms with van der Waals surface area (Å²) in [5.41, 5.74) is 0.0364. The van der Waals surface area contributed by atoms with Crippen molar-refractivity contribution in [3.05, 3.63) is 33.4 Å². The Hall–Kier alpha value is -0.440. The highest BCUT2D eigenvalue weighted by molar-refractivity contribution is 14.1. The second-order valence-corrected chi connectivity index (χ2v) is 4.72. The summed E-state index contributed by atoms with van der Waals surface area (Å²) in [6.45, 7) is 0. The first-order valence-corrected chi connectivity index (χ1v) is 5.59. The van der Waals surface area contributed by atoms with Crippen LogP contribution in [0.1, 0.15) is 18.1 Å². The van der Waals surface area contributed by atoms with Gasteiger partial charge in [0.15, 0.2) is 0 Å². The number of hydrogen-bond acceptors (Lipinski definition) is 1. The molecule has 1 aromatic rings. The summed E-state index contributed by atoms with van der Waals surface area (Å²) in [4.78, 5) is 0. The lowest BCUT2D eigenvalue weighted by atomic mass is 10.0. The van der Waals surface area contributed by atoms with Crippen LogP contribution >= 0.6 is 22.6 Å². The molecule has 0 radical (unpaired) electrons. The Morgan fingerprint density at radius 2 is 1.53 bits per heavy atom. The first-order valence-electron chi connectivity index (χ1n) is 4.51. The van der Waals surface area contributed by atoms with E-state index >= 15 is 0 Å². The van der Waals surface area contributed by atoms with E-state index in [4.69, 9.17) is 0 Å². The van der Waals surface area contributed by atoms with E-state index in [1.165, 1.54) is 24.3 Å². The lowest BCUT2D eigenvalue weighted by molar-refractivity contribution is -0.290. The fourth-order valence-corrected chi connectivity index (χ4v) is 1.52. The van der Waals surface area contributed by atoms with Crippen molar-refractivity contribution in [1.29, 1.82) is 0 Å². The summed E-state index contributed by atoms with van der Waals surface area (Å²) in [6.07, 6.45) is -9.16. The van der Waals surface area contributed by atoms with E-state index in [1.54, 1.807) is 0 Å². The molecule has 0 aliphatic heterocycles. The Bertz CT molecular complexity index is 373. The van der Waals surface area contributed by atoms with Gasteiger partial charge in [0.25, 0.3) is 0 Å². The number of benzene rings is 1. The Labute approximate surface area is 108 Å². The van der Waals surface area contributed by atoms with Gasteiger partial charge < -0.3 is 5.11 Å². The van der Waals surface area contributed by atoms with Gasteiger partial charge in [0.2, 0.25) is 0 Å². The summed E-state index contributed by atoms with van der Waals surface area (Å²) in [5.74, 6) is -4.89. The zero-order chi connectivity index (χ0) is 13.3. The van der Waals surface area contributed by atoms with Crippen molar-refractivity contribution < 1.29 is 27.1 Å². The number of halogens is 6. The van der Waals surface area contributed by atoms with Crippen LogP contribution in [0.3, 0.4) is 0 Å². The van der Waals surface area contributed by atoms with Gasteiger partial charge in [-0.15, -0.1) is 0 Å². The number of alkyl halides is 5. The van der Waals surface area contributed by atoms with Crippen LogP contribution in [0.4, 0.5) is 22.0 Å². The van der Waals surface area contributed by atoms with Crippen LogP contribution in [-0.4, -0.2) is 17.2 Å². The van der Waals surface area contributed by atoms with Crippen LogP contribution in [0.2, 0.25) is 0 Å². The van der Waals surface area contributed by atoms with E-state index in [9.17, 15) is 27.1 Å². The van der Waals surface area contributed by atoms with Crippen LogP contribution in [0.15, 0.2) is 24.3 Å². The average Bonchev–Trinajstić information content (AvgIpc) is 2.16. The molecule has 1 aromatic carbocycles. The van der Waals surface area contributed by atoms with E-state index in [1.807, 2.05) is 22.6 Å². The molecule has 0 aliphatic rings. The van der Waals surface area contributed by atoms with Crippen molar-refractivity contribution >= 4 is 22.6 Å². The van der Waals surface area contributed by atoms with Gasteiger partial charge >= 0.3 is 12.1 Å². The van der Waals surface area contributed by atoms with Crippen molar-refractivity contribution in [2.24, 2.45) is 0 Å². The van der Waals surface area contributed by atoms with Crippen LogP contribution in [-0.2, 0) is 0 Å². The highest BCUT2D eigenvalue weighted by Crippen LogP contribution is 2.41. The number of aliphatic hydroxyl groups is 1. The maximum Gasteiger partial charge on any atom is 0.453 e. The van der Waals surface area contributed by atoms with Crippen molar-refractivity contribution in [1.82, 2.24) is 0 Å². The Kier molecular flexibility index (Phi) is 4.34. The standard InChI is InChI=1S/C10H8F5IO/c11-9(12,10(13,14)15)5-8(17)6-1-3-7(16)4-2-6/h1-4,8,17H,5H2. The number of aliphatic hydroxyl groups excluding tert-OH is 1. The van der Waals surface area contributed by atoms with Gasteiger partial charge in [-0.3, -0.25) is 0 Å². The summed E-state index contributed by atoms with van der Waals surface area (Å²) >= 11 is 1.95. The minimum atomic E-state index is -5.64. The Balaban J connectivity index is 2.79. The molecule has 1 nitrogen and oxygen atoms in total. The smallest absolute Gasteiger partial charge is 0.388 e. The third-order valence-corrected chi connectivity index (χ3v) is 2.84. The molecule has 0 aliphatic carbocycles. The molecule has 1 atom stereocenters. The fourth-order valence-electron chi connectivity index (χ4n) is 1.16. The molecular weight excluding hydrogens is 358 g/mol. The van der Waals surface area contributed by atoms with Crippen LogP contribution in [0, 0.1) is 3.57 Å². The highest BCUT2D eigenvalue weighted by Gasteiger charge is 2.58. The van der Waals surface area contributed by atoms with Crippen molar-refractivity contribution in [3.8, 4) is 0 Å². The molecule has 0 fully saturated rings. The third kappa shape index (κ3) is 3.77. The fraction of sp³-hybridized carbons (Fsp3) is 0.400. The predicted molar refractivity (Wildman–Crippen MR) is 59.7 cm³/mol. The molecule has 0 bridgehead atoms. The zero-order valence-corrected chi connectivity index (χ0v) is 10.5. The summed E-state index contributed by atoms with van der Waals surface area (Å²) in [5, 5.41) is 9.33. The minimum Gasteiger partial charge on any atom is -0.388 e. The van der Waals surface area contributed by atoms with Gasteiger partial charge in [-0.25, -0.2) is 0 Å². The molecule has 1 unspecified atom stereocenters. The van der Waals surface area contributed by atoms with E-state index < -0.39 is 24.6 Å². The molecule has 17 heavy (non-hydrogen) atoms. The third-order valence-electron chi connectivity index (χ3n) is 2.12. The first kappa shape index (κ1) is 14.6. The van der Waals surface area contributed by atoms with E-state index in [0.29, 0.717) is 0 Å². The maximum atomic E-state index is 12.7. The van der Waals surface area contributed by atoms with Gasteiger partial charge in [-0.2, -0.15) is 22.0 Å². The monoisotopic (exact) mass is 366 g/mol. The predicted octanol–water partition coefficient (Wildman–Crippen LogP) is 3.91. The van der Waals surface area contributed by atoms with Gasteiger partial charge in [-0.1, -0.05) is 12.1 Å².